The van der Waals surface area contributed by atoms with E-state index in [9.17, 15) is 14.4 Å². The first-order valence-electron chi connectivity index (χ1n) is 6.80. The maximum atomic E-state index is 12.2. The lowest BCUT2D eigenvalue weighted by atomic mass is 10.1. The standard InChI is InChI=1S/C14H21N3O4/c1-5-6-15-12(18)9(4)17-13(19)10-7(2)11(14(20)21)16-8(10)3/h9,16H,5-6H2,1-4H3,(H,15,18)(H,17,19)(H,20,21). The van der Waals surface area contributed by atoms with Gasteiger partial charge >= 0.3 is 5.97 Å². The van der Waals surface area contributed by atoms with Gasteiger partial charge in [-0.25, -0.2) is 4.79 Å². The van der Waals surface area contributed by atoms with Crippen LogP contribution in [-0.2, 0) is 4.79 Å². The summed E-state index contributed by atoms with van der Waals surface area (Å²) >= 11 is 0. The number of aromatic nitrogens is 1. The molecule has 0 radical (unpaired) electrons. The molecular weight excluding hydrogens is 274 g/mol. The third-order valence-corrected chi connectivity index (χ3v) is 3.17. The van der Waals surface area contributed by atoms with Gasteiger partial charge in [0.25, 0.3) is 5.91 Å². The minimum atomic E-state index is -1.12. The van der Waals surface area contributed by atoms with Crippen LogP contribution in [0.5, 0.6) is 0 Å². The summed E-state index contributed by atoms with van der Waals surface area (Å²) in [6.07, 6.45) is 0.810. The lowest BCUT2D eigenvalue weighted by molar-refractivity contribution is -0.122. The van der Waals surface area contributed by atoms with Gasteiger partial charge in [0.05, 0.1) is 5.56 Å². The normalized spacial score (nSPS) is 11.8. The van der Waals surface area contributed by atoms with E-state index in [1.807, 2.05) is 6.92 Å². The number of carboxylic acid groups (broad SMARTS) is 1. The van der Waals surface area contributed by atoms with E-state index in [0.717, 1.165) is 6.42 Å². The highest BCUT2D eigenvalue weighted by Crippen LogP contribution is 2.17. The third-order valence-electron chi connectivity index (χ3n) is 3.17. The fourth-order valence-electron chi connectivity index (χ4n) is 2.04. The summed E-state index contributed by atoms with van der Waals surface area (Å²) in [5.74, 6) is -1.86. The van der Waals surface area contributed by atoms with Gasteiger partial charge < -0.3 is 20.7 Å². The molecule has 7 nitrogen and oxygen atoms in total. The van der Waals surface area contributed by atoms with Crippen molar-refractivity contribution in [2.45, 2.75) is 40.2 Å². The van der Waals surface area contributed by atoms with E-state index in [-0.39, 0.29) is 17.2 Å². The zero-order valence-electron chi connectivity index (χ0n) is 12.7. The van der Waals surface area contributed by atoms with Crippen molar-refractivity contribution in [3.05, 3.63) is 22.5 Å². The summed E-state index contributed by atoms with van der Waals surface area (Å²) < 4.78 is 0. The molecule has 0 saturated heterocycles. The molecule has 2 amide bonds. The van der Waals surface area contributed by atoms with E-state index in [0.29, 0.717) is 17.8 Å². The fourth-order valence-corrected chi connectivity index (χ4v) is 2.04. The number of aryl methyl sites for hydroxylation is 1. The Balaban J connectivity index is 2.85. The predicted molar refractivity (Wildman–Crippen MR) is 77.5 cm³/mol. The molecule has 0 aliphatic rings. The third kappa shape index (κ3) is 3.84. The van der Waals surface area contributed by atoms with Gasteiger partial charge in [0.1, 0.15) is 11.7 Å². The number of amides is 2. The van der Waals surface area contributed by atoms with Gasteiger partial charge in [0.2, 0.25) is 5.91 Å². The molecule has 7 heteroatoms. The van der Waals surface area contributed by atoms with E-state index in [4.69, 9.17) is 5.11 Å². The average Bonchev–Trinajstić information content (AvgIpc) is 2.71. The first kappa shape index (κ1) is 16.7. The molecule has 0 saturated carbocycles. The highest BCUT2D eigenvalue weighted by molar-refractivity contribution is 6.02. The van der Waals surface area contributed by atoms with Crippen molar-refractivity contribution in [1.29, 1.82) is 0 Å². The Morgan fingerprint density at radius 1 is 1.29 bits per heavy atom. The molecule has 1 rings (SSSR count). The smallest absolute Gasteiger partial charge is 0.352 e. The topological polar surface area (TPSA) is 111 Å². The summed E-state index contributed by atoms with van der Waals surface area (Å²) in [6, 6.07) is -0.689. The van der Waals surface area contributed by atoms with E-state index in [1.54, 1.807) is 20.8 Å². The molecule has 0 aliphatic carbocycles. The van der Waals surface area contributed by atoms with Gasteiger partial charge in [0.15, 0.2) is 0 Å². The molecule has 0 fully saturated rings. The molecule has 1 unspecified atom stereocenters. The Bertz CT molecular complexity index is 563. The monoisotopic (exact) mass is 295 g/mol. The quantitative estimate of drug-likeness (QED) is 0.626. The number of carboxylic acids is 1. The van der Waals surface area contributed by atoms with Crippen LogP contribution >= 0.6 is 0 Å². The van der Waals surface area contributed by atoms with Crippen molar-refractivity contribution in [2.24, 2.45) is 0 Å². The number of nitrogens with one attached hydrogen (secondary N) is 3. The molecule has 0 bridgehead atoms. The summed E-state index contributed by atoms with van der Waals surface area (Å²) in [4.78, 5) is 37.6. The minimum absolute atomic E-state index is 0.0132. The van der Waals surface area contributed by atoms with E-state index >= 15 is 0 Å². The number of carbonyl (C=O) groups is 3. The Morgan fingerprint density at radius 2 is 1.90 bits per heavy atom. The van der Waals surface area contributed by atoms with Crippen molar-refractivity contribution >= 4 is 17.8 Å². The van der Waals surface area contributed by atoms with Crippen LogP contribution in [-0.4, -0.2) is 40.5 Å². The number of aromatic carboxylic acids is 1. The Hall–Kier alpha value is -2.31. The number of aromatic amines is 1. The molecule has 4 N–H and O–H groups in total. The van der Waals surface area contributed by atoms with Gasteiger partial charge in [-0.2, -0.15) is 0 Å². The van der Waals surface area contributed by atoms with Crippen molar-refractivity contribution in [2.75, 3.05) is 6.54 Å². The van der Waals surface area contributed by atoms with Crippen molar-refractivity contribution in [1.82, 2.24) is 15.6 Å². The SMILES string of the molecule is CCCNC(=O)C(C)NC(=O)c1c(C)[nH]c(C(=O)O)c1C. The number of H-pyrrole nitrogens is 1. The minimum Gasteiger partial charge on any atom is -0.477 e. The maximum absolute atomic E-state index is 12.2. The van der Waals surface area contributed by atoms with Gasteiger partial charge in [-0.05, 0) is 32.8 Å². The van der Waals surface area contributed by atoms with Crippen LogP contribution in [0.15, 0.2) is 0 Å². The van der Waals surface area contributed by atoms with Crippen LogP contribution in [0.25, 0.3) is 0 Å². The van der Waals surface area contributed by atoms with Gasteiger partial charge in [0, 0.05) is 12.2 Å². The van der Waals surface area contributed by atoms with Crippen LogP contribution in [0, 0.1) is 13.8 Å². The lowest BCUT2D eigenvalue weighted by Gasteiger charge is -2.14. The Kier molecular flexibility index (Phi) is 5.52. The highest BCUT2D eigenvalue weighted by atomic mass is 16.4. The summed E-state index contributed by atoms with van der Waals surface area (Å²) in [5.41, 5.74) is 1.07. The largest absolute Gasteiger partial charge is 0.477 e. The van der Waals surface area contributed by atoms with E-state index in [1.165, 1.54) is 0 Å². The second-order valence-electron chi connectivity index (χ2n) is 4.92. The van der Waals surface area contributed by atoms with Crippen molar-refractivity contribution in [3.8, 4) is 0 Å². The van der Waals surface area contributed by atoms with Crippen molar-refractivity contribution in [3.63, 3.8) is 0 Å². The molecular formula is C14H21N3O4. The first-order chi connectivity index (χ1) is 9.79. The molecule has 21 heavy (non-hydrogen) atoms. The molecule has 1 aromatic heterocycles. The average molecular weight is 295 g/mol. The molecule has 0 aromatic carbocycles. The van der Waals surface area contributed by atoms with E-state index in [2.05, 4.69) is 15.6 Å². The van der Waals surface area contributed by atoms with Gasteiger partial charge in [-0.1, -0.05) is 6.92 Å². The molecule has 1 aromatic rings. The fraction of sp³-hybridized carbons (Fsp3) is 0.500. The number of carbonyl (C=O) groups excluding carboxylic acids is 2. The van der Waals surface area contributed by atoms with Crippen LogP contribution < -0.4 is 10.6 Å². The van der Waals surface area contributed by atoms with Crippen LogP contribution in [0.3, 0.4) is 0 Å². The zero-order chi connectivity index (χ0) is 16.2. The zero-order valence-corrected chi connectivity index (χ0v) is 12.7. The van der Waals surface area contributed by atoms with Crippen LogP contribution in [0.1, 0.15) is 52.4 Å². The Morgan fingerprint density at radius 3 is 2.38 bits per heavy atom. The Labute approximate surface area is 123 Å². The van der Waals surface area contributed by atoms with Crippen LogP contribution in [0.2, 0.25) is 0 Å². The number of hydrogen-bond acceptors (Lipinski definition) is 3. The van der Waals surface area contributed by atoms with E-state index < -0.39 is 17.9 Å². The maximum Gasteiger partial charge on any atom is 0.352 e. The molecule has 1 atom stereocenters. The van der Waals surface area contributed by atoms with Crippen LogP contribution in [0.4, 0.5) is 0 Å². The van der Waals surface area contributed by atoms with Gasteiger partial charge in [-0.15, -0.1) is 0 Å². The summed E-state index contributed by atoms with van der Waals surface area (Å²) in [7, 11) is 0. The summed E-state index contributed by atoms with van der Waals surface area (Å²) in [5, 5.41) is 14.3. The second-order valence-corrected chi connectivity index (χ2v) is 4.92. The van der Waals surface area contributed by atoms with Gasteiger partial charge in [-0.3, -0.25) is 9.59 Å². The number of rotatable bonds is 6. The first-order valence-corrected chi connectivity index (χ1v) is 6.80. The molecule has 0 spiro atoms. The van der Waals surface area contributed by atoms with Crippen molar-refractivity contribution < 1.29 is 19.5 Å². The molecule has 1 heterocycles. The number of hydrogen-bond donors (Lipinski definition) is 4. The molecule has 0 aliphatic heterocycles. The predicted octanol–water partition coefficient (Wildman–Crippen LogP) is 0.974. The molecule has 116 valence electrons. The summed E-state index contributed by atoms with van der Waals surface area (Å²) in [6.45, 7) is 7.24. The highest BCUT2D eigenvalue weighted by Gasteiger charge is 2.24. The lowest BCUT2D eigenvalue weighted by Crippen LogP contribution is -2.45. The second kappa shape index (κ2) is 6.92.